The number of rotatable bonds is 12. The second-order valence-corrected chi connectivity index (χ2v) is 9.21. The smallest absolute Gasteiger partial charge is 0.242 e. The molecule has 2 aliphatic carbocycles. The third kappa shape index (κ3) is 6.79. The van der Waals surface area contributed by atoms with E-state index in [-0.39, 0.29) is 30.1 Å². The lowest BCUT2D eigenvalue weighted by Crippen LogP contribution is -2.48. The van der Waals surface area contributed by atoms with Gasteiger partial charge in [-0.15, -0.1) is 0 Å². The Bertz CT molecular complexity index is 757. The number of carbonyl (C=O) groups excluding carboxylic acids is 3. The van der Waals surface area contributed by atoms with Crippen LogP contribution in [0.3, 0.4) is 0 Å². The molecule has 5 N–H and O–H groups in total. The predicted octanol–water partition coefficient (Wildman–Crippen LogP) is 2.34. The molecule has 31 heavy (non-hydrogen) atoms. The van der Waals surface area contributed by atoms with Crippen LogP contribution in [0.5, 0.6) is 0 Å². The fourth-order valence-electron chi connectivity index (χ4n) is 4.54. The second-order valence-electron chi connectivity index (χ2n) is 9.21. The number of carbonyl (C=O) groups is 3. The molecule has 0 heterocycles. The fraction of sp³-hybridized carbons (Fsp3) is 0.625. The molecule has 7 nitrogen and oxygen atoms in total. The molecular formula is C24H35N3O4. The number of nitrogens with two attached hydrogens (primary N) is 1. The van der Waals surface area contributed by atoms with Crippen molar-refractivity contribution in [3.05, 3.63) is 35.9 Å². The summed E-state index contributed by atoms with van der Waals surface area (Å²) in [7, 11) is 0. The van der Waals surface area contributed by atoms with Crippen molar-refractivity contribution in [2.45, 2.75) is 76.4 Å². The molecule has 3 rings (SSSR count). The molecule has 2 aliphatic rings. The molecule has 0 unspecified atom stereocenters. The first kappa shape index (κ1) is 23.3. The van der Waals surface area contributed by atoms with E-state index in [1.807, 2.05) is 30.3 Å². The molecule has 0 spiro atoms. The minimum Gasteiger partial charge on any atom is -0.388 e. The Hall–Kier alpha value is -2.41. The Balaban J connectivity index is 1.52. The second kappa shape index (κ2) is 10.8. The first-order chi connectivity index (χ1) is 14.9. The molecule has 0 bridgehead atoms. The standard InChI is InChI=1S/C24H35N3O4/c25-20(28)12-11-19(27-21(29)13-10-17-6-4-5-7-17)23(31)26-16-24(14-15-24)22(30)18-8-2-1-3-9-18/h1-3,8-9,17,19,22,30H,4-7,10-16H2,(H2,25,28)(H,26,31)(H,27,29)/t19-,22-/m1/s1. The van der Waals surface area contributed by atoms with E-state index >= 15 is 0 Å². The summed E-state index contributed by atoms with van der Waals surface area (Å²) in [6.07, 6.45) is 7.22. The Labute approximate surface area is 184 Å². The molecule has 170 valence electrons. The zero-order chi connectivity index (χ0) is 22.3. The average Bonchev–Trinajstić information content (AvgIpc) is 3.38. The minimum atomic E-state index is -0.798. The predicted molar refractivity (Wildman–Crippen MR) is 118 cm³/mol. The highest BCUT2D eigenvalue weighted by Gasteiger charge is 2.49. The molecule has 2 saturated carbocycles. The molecule has 7 heteroatoms. The van der Waals surface area contributed by atoms with E-state index in [4.69, 9.17) is 5.73 Å². The Morgan fingerprint density at radius 3 is 2.39 bits per heavy atom. The molecule has 1 aromatic rings. The van der Waals surface area contributed by atoms with Crippen molar-refractivity contribution in [3.63, 3.8) is 0 Å². The maximum absolute atomic E-state index is 12.8. The van der Waals surface area contributed by atoms with Crippen LogP contribution in [0.25, 0.3) is 0 Å². The van der Waals surface area contributed by atoms with Gasteiger partial charge in [0.1, 0.15) is 6.04 Å². The van der Waals surface area contributed by atoms with E-state index in [1.54, 1.807) is 0 Å². The molecule has 1 aromatic carbocycles. The number of hydrogen-bond acceptors (Lipinski definition) is 4. The fourth-order valence-corrected chi connectivity index (χ4v) is 4.54. The van der Waals surface area contributed by atoms with Gasteiger partial charge >= 0.3 is 0 Å². The lowest BCUT2D eigenvalue weighted by atomic mass is 9.92. The van der Waals surface area contributed by atoms with Gasteiger partial charge in [-0.25, -0.2) is 0 Å². The summed E-state index contributed by atoms with van der Waals surface area (Å²) in [5.74, 6) is -0.405. The summed E-state index contributed by atoms with van der Waals surface area (Å²) in [5, 5.41) is 16.5. The van der Waals surface area contributed by atoms with Crippen LogP contribution in [0.1, 0.15) is 75.9 Å². The number of aliphatic hydroxyl groups is 1. The highest BCUT2D eigenvalue weighted by molar-refractivity contribution is 5.88. The maximum atomic E-state index is 12.8. The lowest BCUT2D eigenvalue weighted by Gasteiger charge is -2.25. The van der Waals surface area contributed by atoms with Gasteiger partial charge in [0.15, 0.2) is 0 Å². The average molecular weight is 430 g/mol. The van der Waals surface area contributed by atoms with Gasteiger partial charge in [-0.3, -0.25) is 14.4 Å². The molecule has 0 aromatic heterocycles. The van der Waals surface area contributed by atoms with E-state index in [0.29, 0.717) is 18.9 Å². The van der Waals surface area contributed by atoms with Crippen LogP contribution in [-0.4, -0.2) is 35.4 Å². The van der Waals surface area contributed by atoms with Crippen molar-refractivity contribution in [3.8, 4) is 0 Å². The normalized spacial score (nSPS) is 19.4. The minimum absolute atomic E-state index is 0.0266. The topological polar surface area (TPSA) is 122 Å². The summed E-state index contributed by atoms with van der Waals surface area (Å²) in [4.78, 5) is 36.5. The van der Waals surface area contributed by atoms with Gasteiger partial charge in [-0.1, -0.05) is 56.0 Å². The van der Waals surface area contributed by atoms with Crippen LogP contribution >= 0.6 is 0 Å². The summed E-state index contributed by atoms with van der Waals surface area (Å²) in [5.41, 5.74) is 5.71. The van der Waals surface area contributed by atoms with E-state index in [9.17, 15) is 19.5 Å². The van der Waals surface area contributed by atoms with E-state index in [1.165, 1.54) is 25.7 Å². The molecule has 2 fully saturated rings. The number of amides is 3. The monoisotopic (exact) mass is 429 g/mol. The van der Waals surface area contributed by atoms with Gasteiger partial charge in [-0.2, -0.15) is 0 Å². The van der Waals surface area contributed by atoms with Crippen LogP contribution in [0, 0.1) is 11.3 Å². The van der Waals surface area contributed by atoms with Gasteiger partial charge in [0.2, 0.25) is 17.7 Å². The third-order valence-corrected chi connectivity index (χ3v) is 6.79. The van der Waals surface area contributed by atoms with Crippen molar-refractivity contribution in [1.82, 2.24) is 10.6 Å². The SMILES string of the molecule is NC(=O)CC[C@@H](NC(=O)CCC1CCCC1)C(=O)NCC1([C@H](O)c2ccccc2)CC1. The molecule has 0 radical (unpaired) electrons. The van der Waals surface area contributed by atoms with E-state index < -0.39 is 18.1 Å². The Morgan fingerprint density at radius 2 is 1.77 bits per heavy atom. The van der Waals surface area contributed by atoms with Crippen molar-refractivity contribution in [1.29, 1.82) is 0 Å². The number of primary amides is 1. The van der Waals surface area contributed by atoms with E-state index in [2.05, 4.69) is 10.6 Å². The van der Waals surface area contributed by atoms with Gasteiger partial charge in [-0.05, 0) is 37.2 Å². The van der Waals surface area contributed by atoms with E-state index in [0.717, 1.165) is 24.8 Å². The molecule has 0 aliphatic heterocycles. The molecular weight excluding hydrogens is 394 g/mol. The van der Waals surface area contributed by atoms with Crippen LogP contribution in [0.2, 0.25) is 0 Å². The quantitative estimate of drug-likeness (QED) is 0.407. The van der Waals surface area contributed by atoms with Crippen molar-refractivity contribution < 1.29 is 19.5 Å². The van der Waals surface area contributed by atoms with Crippen LogP contribution in [-0.2, 0) is 14.4 Å². The third-order valence-electron chi connectivity index (χ3n) is 6.79. The maximum Gasteiger partial charge on any atom is 0.242 e. The zero-order valence-corrected chi connectivity index (χ0v) is 18.1. The zero-order valence-electron chi connectivity index (χ0n) is 18.1. The lowest BCUT2D eigenvalue weighted by molar-refractivity contribution is -0.130. The van der Waals surface area contributed by atoms with Gasteiger partial charge < -0.3 is 21.5 Å². The highest BCUT2D eigenvalue weighted by atomic mass is 16.3. The molecule has 3 amide bonds. The number of nitrogens with one attached hydrogen (secondary N) is 2. The first-order valence-corrected chi connectivity index (χ1v) is 11.5. The number of benzene rings is 1. The van der Waals surface area contributed by atoms with Gasteiger partial charge in [0.25, 0.3) is 0 Å². The summed E-state index contributed by atoms with van der Waals surface area (Å²) < 4.78 is 0. The van der Waals surface area contributed by atoms with Crippen LogP contribution < -0.4 is 16.4 Å². The molecule has 2 atom stereocenters. The van der Waals surface area contributed by atoms with Crippen molar-refractivity contribution >= 4 is 17.7 Å². The van der Waals surface area contributed by atoms with Crippen LogP contribution in [0.15, 0.2) is 30.3 Å². The summed E-state index contributed by atoms with van der Waals surface area (Å²) in [6, 6.07) is 8.63. The number of aliphatic hydroxyl groups excluding tert-OH is 1. The molecule has 0 saturated heterocycles. The summed E-state index contributed by atoms with van der Waals surface area (Å²) >= 11 is 0. The Kier molecular flexibility index (Phi) is 8.07. The largest absolute Gasteiger partial charge is 0.388 e. The van der Waals surface area contributed by atoms with Crippen molar-refractivity contribution in [2.75, 3.05) is 6.54 Å². The summed E-state index contributed by atoms with van der Waals surface area (Å²) in [6.45, 7) is 0.326. The van der Waals surface area contributed by atoms with Crippen LogP contribution in [0.4, 0.5) is 0 Å². The number of hydrogen-bond donors (Lipinski definition) is 4. The first-order valence-electron chi connectivity index (χ1n) is 11.5. The van der Waals surface area contributed by atoms with Gasteiger partial charge in [0.05, 0.1) is 6.10 Å². The highest BCUT2D eigenvalue weighted by Crippen LogP contribution is 2.54. The van der Waals surface area contributed by atoms with Crippen molar-refractivity contribution in [2.24, 2.45) is 17.1 Å². The van der Waals surface area contributed by atoms with Gasteiger partial charge in [0, 0.05) is 24.8 Å². The Morgan fingerprint density at radius 1 is 1.10 bits per heavy atom.